The number of nitrogens with zero attached hydrogens (tertiary/aromatic N) is 2. The van der Waals surface area contributed by atoms with Crippen molar-refractivity contribution in [1.82, 2.24) is 10.3 Å². The number of fused-ring (bicyclic) bond motifs is 4. The number of nitrogens with two attached hydrogens (primary N) is 1. The van der Waals surface area contributed by atoms with Crippen LogP contribution in [0.3, 0.4) is 0 Å². The molecule has 6 nitrogen and oxygen atoms in total. The largest absolute Gasteiger partial charge is 0.490 e. The predicted molar refractivity (Wildman–Crippen MR) is 117 cm³/mol. The molecule has 30 heavy (non-hydrogen) atoms. The van der Waals surface area contributed by atoms with Crippen molar-refractivity contribution in [2.45, 2.75) is 36.9 Å². The zero-order valence-corrected chi connectivity index (χ0v) is 18.4. The van der Waals surface area contributed by atoms with Gasteiger partial charge in [0.25, 0.3) is 5.91 Å². The number of benzene rings is 1. The van der Waals surface area contributed by atoms with Crippen molar-refractivity contribution < 1.29 is 13.9 Å². The summed E-state index contributed by atoms with van der Waals surface area (Å²) in [6.45, 7) is 0. The number of carbonyl (C=O) groups is 1. The van der Waals surface area contributed by atoms with Gasteiger partial charge in [-0.2, -0.15) is 0 Å². The van der Waals surface area contributed by atoms with Crippen LogP contribution in [0.25, 0.3) is 0 Å². The lowest BCUT2D eigenvalue weighted by molar-refractivity contribution is 0.0155. The lowest BCUT2D eigenvalue weighted by atomic mass is 9.67. The minimum Gasteiger partial charge on any atom is -0.490 e. The molecule has 0 bridgehead atoms. The Morgan fingerprint density at radius 2 is 2.20 bits per heavy atom. The molecule has 1 amide bonds. The first-order valence-corrected chi connectivity index (χ1v) is 11.6. The van der Waals surface area contributed by atoms with Crippen molar-refractivity contribution in [2.75, 3.05) is 5.75 Å². The van der Waals surface area contributed by atoms with Gasteiger partial charge in [-0.1, -0.05) is 27.7 Å². The molecular weight excluding hydrogens is 471 g/mol. The summed E-state index contributed by atoms with van der Waals surface area (Å²) in [7, 11) is 0. The molecule has 1 saturated carbocycles. The van der Waals surface area contributed by atoms with Gasteiger partial charge in [0.1, 0.15) is 28.9 Å². The number of pyridine rings is 1. The van der Waals surface area contributed by atoms with Crippen molar-refractivity contribution in [3.63, 3.8) is 0 Å². The minimum atomic E-state index is -0.465. The molecule has 1 aromatic carbocycles. The van der Waals surface area contributed by atoms with E-state index in [1.165, 1.54) is 12.1 Å². The Morgan fingerprint density at radius 3 is 2.93 bits per heavy atom. The van der Waals surface area contributed by atoms with Gasteiger partial charge in [0.2, 0.25) is 0 Å². The van der Waals surface area contributed by atoms with E-state index in [9.17, 15) is 9.18 Å². The van der Waals surface area contributed by atoms with E-state index in [1.54, 1.807) is 11.8 Å². The third-order valence-corrected chi connectivity index (χ3v) is 7.60. The number of ether oxygens (including phenoxy) is 1. The monoisotopic (exact) mass is 490 g/mol. The van der Waals surface area contributed by atoms with Gasteiger partial charge in [-0.25, -0.2) is 14.4 Å². The van der Waals surface area contributed by atoms with Gasteiger partial charge in [0.05, 0.1) is 6.20 Å². The van der Waals surface area contributed by atoms with Crippen molar-refractivity contribution in [3.8, 4) is 5.75 Å². The average molecular weight is 491 g/mol. The highest BCUT2D eigenvalue weighted by Crippen LogP contribution is 2.54. The first-order valence-electron chi connectivity index (χ1n) is 9.82. The van der Waals surface area contributed by atoms with Crippen LogP contribution in [0.2, 0.25) is 0 Å². The number of aliphatic imine (C=N–C) groups is 1. The van der Waals surface area contributed by atoms with Crippen LogP contribution in [-0.2, 0) is 5.54 Å². The van der Waals surface area contributed by atoms with Gasteiger partial charge in [0, 0.05) is 27.7 Å². The standard InChI is InChI=1S/C21H20BrFN4O2S/c22-11-1-5-17-14(7-11)21(10-30-20(24)27-21)15-8-13(3-6-18(15)29-17)26-19(28)16-4-2-12(23)9-25-16/h1-2,4-5,7,9,13,15,18H,3,6,8,10H2,(H2,24,27)(H,26,28)/t13-,15+,18+,21?/m1/s1. The van der Waals surface area contributed by atoms with Gasteiger partial charge in [-0.3, -0.25) is 4.79 Å². The maximum Gasteiger partial charge on any atom is 0.270 e. The Bertz CT molecular complexity index is 1030. The normalized spacial score (nSPS) is 29.5. The number of amides is 1. The summed E-state index contributed by atoms with van der Waals surface area (Å²) in [5, 5.41) is 3.65. The zero-order valence-electron chi connectivity index (χ0n) is 16.0. The Morgan fingerprint density at radius 1 is 1.33 bits per heavy atom. The summed E-state index contributed by atoms with van der Waals surface area (Å²) >= 11 is 5.13. The molecule has 3 aliphatic rings. The summed E-state index contributed by atoms with van der Waals surface area (Å²) < 4.78 is 20.4. The number of carbonyl (C=O) groups excluding carboxylic acids is 1. The highest BCUT2D eigenvalue weighted by molar-refractivity contribution is 9.10. The number of amidine groups is 1. The lowest BCUT2D eigenvalue weighted by Crippen LogP contribution is -2.54. The van der Waals surface area contributed by atoms with E-state index in [0.29, 0.717) is 5.17 Å². The minimum absolute atomic E-state index is 0.0195. The van der Waals surface area contributed by atoms with Gasteiger partial charge in [0.15, 0.2) is 5.17 Å². The highest BCUT2D eigenvalue weighted by Gasteiger charge is 2.54. The SMILES string of the molecule is NC1=NC2(CS1)c1cc(Br)ccc1O[C@H]1CC[C@@H](NC(=O)c3ccc(F)cn3)C[C@@H]12. The predicted octanol–water partition coefficient (Wildman–Crippen LogP) is 3.60. The smallest absolute Gasteiger partial charge is 0.270 e. The molecule has 1 aromatic heterocycles. The van der Waals surface area contributed by atoms with E-state index in [-0.39, 0.29) is 29.7 Å². The second-order valence-corrected chi connectivity index (χ2v) is 9.82. The molecule has 0 saturated heterocycles. The topological polar surface area (TPSA) is 89.6 Å². The number of halogens is 2. The van der Waals surface area contributed by atoms with Crippen molar-refractivity contribution in [2.24, 2.45) is 16.6 Å². The van der Waals surface area contributed by atoms with Crippen LogP contribution in [0.4, 0.5) is 4.39 Å². The van der Waals surface area contributed by atoms with Crippen molar-refractivity contribution in [1.29, 1.82) is 0 Å². The summed E-state index contributed by atoms with van der Waals surface area (Å²) in [4.78, 5) is 21.4. The van der Waals surface area contributed by atoms with Gasteiger partial charge in [-0.15, -0.1) is 0 Å². The molecule has 2 aromatic rings. The molecule has 3 heterocycles. The average Bonchev–Trinajstić information content (AvgIpc) is 3.12. The van der Waals surface area contributed by atoms with Crippen molar-refractivity contribution in [3.05, 3.63) is 58.1 Å². The summed E-state index contributed by atoms with van der Waals surface area (Å²) in [6.07, 6.45) is 3.40. The fourth-order valence-electron chi connectivity index (χ4n) is 4.77. The van der Waals surface area contributed by atoms with Crippen molar-refractivity contribution >= 4 is 38.8 Å². The molecule has 5 rings (SSSR count). The third kappa shape index (κ3) is 3.37. The van der Waals surface area contributed by atoms with E-state index in [1.807, 2.05) is 12.1 Å². The Kier molecular flexibility index (Phi) is 4.97. The molecule has 9 heteroatoms. The fraction of sp³-hybridized carbons (Fsp3) is 0.381. The molecule has 1 fully saturated rings. The molecule has 0 radical (unpaired) electrons. The fourth-order valence-corrected chi connectivity index (χ4v) is 6.16. The molecule has 1 unspecified atom stereocenters. The van der Waals surface area contributed by atoms with E-state index in [0.717, 1.165) is 47.0 Å². The van der Waals surface area contributed by atoms with Crippen LogP contribution in [0.5, 0.6) is 5.75 Å². The number of thioether (sulfide) groups is 1. The Balaban J connectivity index is 1.43. The number of rotatable bonds is 2. The maximum atomic E-state index is 13.1. The van der Waals surface area contributed by atoms with E-state index < -0.39 is 11.4 Å². The van der Waals surface area contributed by atoms with Gasteiger partial charge in [-0.05, 0) is 49.6 Å². The van der Waals surface area contributed by atoms with Crippen LogP contribution in [0.1, 0.15) is 35.3 Å². The Labute approximate surface area is 186 Å². The van der Waals surface area contributed by atoms with E-state index in [2.05, 4.69) is 32.3 Å². The first-order chi connectivity index (χ1) is 14.4. The second kappa shape index (κ2) is 7.53. The number of aromatic nitrogens is 1. The quantitative estimate of drug-likeness (QED) is 0.670. The molecule has 3 N–H and O–H groups in total. The maximum absolute atomic E-state index is 13.1. The summed E-state index contributed by atoms with van der Waals surface area (Å²) in [5.74, 6) is 0.945. The number of hydrogen-bond acceptors (Lipinski definition) is 6. The summed E-state index contributed by atoms with van der Waals surface area (Å²) in [5.41, 5.74) is 6.90. The summed E-state index contributed by atoms with van der Waals surface area (Å²) in [6, 6.07) is 8.63. The molecule has 1 aliphatic carbocycles. The zero-order chi connectivity index (χ0) is 20.9. The number of hydrogen-bond donors (Lipinski definition) is 2. The first kappa shape index (κ1) is 19.8. The molecule has 156 valence electrons. The lowest BCUT2D eigenvalue weighted by Gasteiger charge is -2.48. The van der Waals surface area contributed by atoms with E-state index >= 15 is 0 Å². The molecule has 2 aliphatic heterocycles. The third-order valence-electron chi connectivity index (χ3n) is 6.13. The molecule has 1 spiro atoms. The van der Waals surface area contributed by atoms with E-state index in [4.69, 9.17) is 15.5 Å². The molecular formula is C21H20BrFN4O2S. The van der Waals surface area contributed by atoms with Crippen LogP contribution in [0, 0.1) is 11.7 Å². The van der Waals surface area contributed by atoms with Crippen LogP contribution in [-0.4, -0.2) is 34.0 Å². The van der Waals surface area contributed by atoms with Crippen LogP contribution in [0.15, 0.2) is 46.0 Å². The Hall–Kier alpha value is -2.13. The van der Waals surface area contributed by atoms with Crippen LogP contribution >= 0.6 is 27.7 Å². The highest BCUT2D eigenvalue weighted by atomic mass is 79.9. The van der Waals surface area contributed by atoms with Gasteiger partial charge < -0.3 is 15.8 Å². The van der Waals surface area contributed by atoms with Gasteiger partial charge >= 0.3 is 0 Å². The molecule has 4 atom stereocenters. The number of nitrogens with one attached hydrogen (secondary N) is 1. The van der Waals surface area contributed by atoms with Crippen LogP contribution < -0.4 is 15.8 Å². The second-order valence-electron chi connectivity index (χ2n) is 7.91.